The van der Waals surface area contributed by atoms with Gasteiger partial charge >= 0.3 is 0 Å². The van der Waals surface area contributed by atoms with Gasteiger partial charge in [0.15, 0.2) is 17.5 Å². The topological polar surface area (TPSA) is 55.1 Å². The van der Waals surface area contributed by atoms with E-state index in [2.05, 4.69) is 126 Å². The summed E-state index contributed by atoms with van der Waals surface area (Å²) in [5.41, 5.74) is 8.06. The van der Waals surface area contributed by atoms with Gasteiger partial charge < -0.3 is 9.32 Å². The number of furan rings is 1. The highest BCUT2D eigenvalue weighted by atomic mass is 16.3. The number of para-hydroxylation sites is 1. The largest absolute Gasteiger partial charge is 0.456 e. The van der Waals surface area contributed by atoms with Crippen LogP contribution in [0.1, 0.15) is 11.5 Å². The predicted octanol–water partition coefficient (Wildman–Crippen LogP) is 11.8. The first-order chi connectivity index (χ1) is 25.8. The Kier molecular flexibility index (Phi) is 6.31. The normalized spacial score (nSPS) is 16.3. The molecule has 0 fully saturated rings. The molecule has 0 radical (unpaired) electrons. The number of aromatic nitrogens is 3. The number of anilines is 2. The Morgan fingerprint density at radius 3 is 2.06 bits per heavy atom. The third-order valence-corrected chi connectivity index (χ3v) is 10.6. The van der Waals surface area contributed by atoms with Gasteiger partial charge in [-0.15, -0.1) is 0 Å². The van der Waals surface area contributed by atoms with Crippen molar-refractivity contribution in [3.8, 4) is 34.2 Å². The lowest BCUT2D eigenvalue weighted by atomic mass is 9.90. The predicted molar refractivity (Wildman–Crippen MR) is 212 cm³/mol. The molecule has 0 amide bonds. The van der Waals surface area contributed by atoms with Crippen LogP contribution in [0.25, 0.3) is 77.6 Å². The van der Waals surface area contributed by atoms with Crippen LogP contribution >= 0.6 is 0 Å². The second-order valence-electron chi connectivity index (χ2n) is 13.5. The average Bonchev–Trinajstić information content (AvgIpc) is 3.77. The van der Waals surface area contributed by atoms with Crippen LogP contribution in [0.5, 0.6) is 0 Å². The summed E-state index contributed by atoms with van der Waals surface area (Å²) in [6.45, 7) is 0. The summed E-state index contributed by atoms with van der Waals surface area (Å²) in [4.78, 5) is 18.5. The standard InChI is InChI=1S/C47H30N4O/c1-2-15-31(16-3-1)45-48-46(37-21-12-24-41-42(37)36-20-9-11-23-40(36)52-41)50-47(49-45)43-32-17-6-4-13-29(32)26-28-39(43)51-38-22-10-8-19-34(38)35-27-25-30-14-5-7-18-33(30)44(35)51/h1-28,34,38H. The lowest BCUT2D eigenvalue weighted by molar-refractivity contribution is 0.669. The van der Waals surface area contributed by atoms with Crippen molar-refractivity contribution in [3.05, 3.63) is 175 Å². The van der Waals surface area contributed by atoms with Gasteiger partial charge in [-0.2, -0.15) is 0 Å². The Hall–Kier alpha value is -6.85. The molecule has 7 aromatic carbocycles. The van der Waals surface area contributed by atoms with Crippen LogP contribution < -0.4 is 4.90 Å². The van der Waals surface area contributed by atoms with E-state index in [1.807, 2.05) is 48.5 Å². The van der Waals surface area contributed by atoms with Gasteiger partial charge in [0, 0.05) is 33.2 Å². The molecule has 2 aromatic heterocycles. The summed E-state index contributed by atoms with van der Waals surface area (Å²) in [5, 5.41) is 6.69. The van der Waals surface area contributed by atoms with Gasteiger partial charge in [0.05, 0.1) is 23.0 Å². The maximum Gasteiger partial charge on any atom is 0.166 e. The number of allylic oxidation sites excluding steroid dienone is 2. The minimum absolute atomic E-state index is 0.0895. The molecule has 2 aliphatic rings. The van der Waals surface area contributed by atoms with Crippen molar-refractivity contribution in [2.75, 3.05) is 4.90 Å². The summed E-state index contributed by atoms with van der Waals surface area (Å²) in [6, 6.07) is 50.9. The van der Waals surface area contributed by atoms with Crippen LogP contribution in [0.4, 0.5) is 11.4 Å². The molecule has 244 valence electrons. The van der Waals surface area contributed by atoms with Crippen LogP contribution in [0.2, 0.25) is 0 Å². The van der Waals surface area contributed by atoms with Gasteiger partial charge in [-0.25, -0.2) is 15.0 Å². The lowest BCUT2D eigenvalue weighted by Gasteiger charge is -2.31. The molecule has 0 spiro atoms. The summed E-state index contributed by atoms with van der Waals surface area (Å²) in [6.07, 6.45) is 9.02. The second kappa shape index (κ2) is 11.3. The fourth-order valence-electron chi connectivity index (χ4n) is 8.35. The lowest BCUT2D eigenvalue weighted by Crippen LogP contribution is -2.29. The van der Waals surface area contributed by atoms with E-state index in [-0.39, 0.29) is 12.0 Å². The van der Waals surface area contributed by atoms with E-state index in [0.29, 0.717) is 17.5 Å². The molecule has 11 rings (SSSR count). The third kappa shape index (κ3) is 4.32. The molecular weight excluding hydrogens is 637 g/mol. The highest BCUT2D eigenvalue weighted by Gasteiger charge is 2.40. The average molecular weight is 667 g/mol. The molecule has 2 atom stereocenters. The Morgan fingerprint density at radius 1 is 0.500 bits per heavy atom. The molecule has 0 saturated heterocycles. The van der Waals surface area contributed by atoms with Crippen LogP contribution in [0.3, 0.4) is 0 Å². The van der Waals surface area contributed by atoms with Crippen molar-refractivity contribution in [3.63, 3.8) is 0 Å². The van der Waals surface area contributed by atoms with Crippen LogP contribution in [-0.4, -0.2) is 21.0 Å². The number of hydrogen-bond acceptors (Lipinski definition) is 5. The third-order valence-electron chi connectivity index (χ3n) is 10.6. The van der Waals surface area contributed by atoms with Gasteiger partial charge in [0.1, 0.15) is 11.2 Å². The van der Waals surface area contributed by atoms with Gasteiger partial charge in [0.25, 0.3) is 0 Å². The van der Waals surface area contributed by atoms with Crippen LogP contribution in [-0.2, 0) is 0 Å². The Morgan fingerprint density at radius 2 is 1.17 bits per heavy atom. The number of hydrogen-bond donors (Lipinski definition) is 0. The van der Waals surface area contributed by atoms with Crippen molar-refractivity contribution in [1.82, 2.24) is 15.0 Å². The van der Waals surface area contributed by atoms with Gasteiger partial charge in [0.2, 0.25) is 0 Å². The molecule has 1 aliphatic heterocycles. The maximum absolute atomic E-state index is 6.32. The molecule has 2 unspecified atom stereocenters. The van der Waals surface area contributed by atoms with Crippen LogP contribution in [0, 0.1) is 0 Å². The van der Waals surface area contributed by atoms with E-state index in [9.17, 15) is 0 Å². The highest BCUT2D eigenvalue weighted by Crippen LogP contribution is 2.53. The summed E-state index contributed by atoms with van der Waals surface area (Å²) in [5.74, 6) is 2.06. The van der Waals surface area contributed by atoms with Crippen molar-refractivity contribution in [1.29, 1.82) is 0 Å². The molecule has 1 aliphatic carbocycles. The van der Waals surface area contributed by atoms with Crippen molar-refractivity contribution in [2.24, 2.45) is 0 Å². The molecule has 52 heavy (non-hydrogen) atoms. The van der Waals surface area contributed by atoms with Crippen LogP contribution in [0.15, 0.2) is 174 Å². The number of fused-ring (bicyclic) bond motifs is 9. The maximum atomic E-state index is 6.32. The first kappa shape index (κ1) is 28.9. The summed E-state index contributed by atoms with van der Waals surface area (Å²) in [7, 11) is 0. The van der Waals surface area contributed by atoms with Gasteiger partial charge in [-0.05, 0) is 39.9 Å². The Bertz CT molecular complexity index is 2940. The quantitative estimate of drug-likeness (QED) is 0.187. The first-order valence-electron chi connectivity index (χ1n) is 17.7. The minimum Gasteiger partial charge on any atom is -0.456 e. The Labute approximate surface area is 299 Å². The summed E-state index contributed by atoms with van der Waals surface area (Å²) < 4.78 is 6.32. The smallest absolute Gasteiger partial charge is 0.166 e. The zero-order valence-corrected chi connectivity index (χ0v) is 28.0. The highest BCUT2D eigenvalue weighted by molar-refractivity contribution is 6.12. The fourth-order valence-corrected chi connectivity index (χ4v) is 8.35. The van der Waals surface area contributed by atoms with E-state index < -0.39 is 0 Å². The fraction of sp³-hybridized carbons (Fsp3) is 0.0426. The molecule has 9 aromatic rings. The SMILES string of the molecule is C1=CC2c3ccc4ccccc4c3N(c3ccc4ccccc4c3-c3nc(-c4ccccc4)nc(-c4cccc5oc6ccccc6c45)n3)C2C=C1. The van der Waals surface area contributed by atoms with Gasteiger partial charge in [-0.3, -0.25) is 0 Å². The van der Waals surface area contributed by atoms with Crippen molar-refractivity contribution in [2.45, 2.75) is 12.0 Å². The molecule has 0 bridgehead atoms. The molecule has 0 saturated carbocycles. The zero-order chi connectivity index (χ0) is 34.2. The number of nitrogens with zero attached hydrogens (tertiary/aromatic N) is 4. The molecular formula is C47H30N4O. The van der Waals surface area contributed by atoms with E-state index in [1.54, 1.807) is 0 Å². The van der Waals surface area contributed by atoms with E-state index in [1.165, 1.54) is 22.0 Å². The second-order valence-corrected chi connectivity index (χ2v) is 13.5. The van der Waals surface area contributed by atoms with Crippen molar-refractivity contribution >= 4 is 54.9 Å². The van der Waals surface area contributed by atoms with E-state index in [4.69, 9.17) is 19.4 Å². The molecule has 5 nitrogen and oxygen atoms in total. The van der Waals surface area contributed by atoms with E-state index >= 15 is 0 Å². The number of benzene rings is 7. The molecule has 5 heteroatoms. The Balaban J connectivity index is 1.23. The minimum atomic E-state index is 0.0895. The van der Waals surface area contributed by atoms with E-state index in [0.717, 1.165) is 55.1 Å². The molecule has 0 N–H and O–H groups in total. The summed E-state index contributed by atoms with van der Waals surface area (Å²) >= 11 is 0. The van der Waals surface area contributed by atoms with Crippen molar-refractivity contribution < 1.29 is 4.42 Å². The number of rotatable bonds is 4. The monoisotopic (exact) mass is 666 g/mol. The van der Waals surface area contributed by atoms with Gasteiger partial charge in [-0.1, -0.05) is 152 Å². The first-order valence-corrected chi connectivity index (χ1v) is 17.7. The zero-order valence-electron chi connectivity index (χ0n) is 28.0. The molecule has 3 heterocycles.